The van der Waals surface area contributed by atoms with Gasteiger partial charge < -0.3 is 4.74 Å². The maximum absolute atomic E-state index is 5.61. The third-order valence-corrected chi connectivity index (χ3v) is 3.37. The van der Waals surface area contributed by atoms with Gasteiger partial charge in [-0.05, 0) is 31.6 Å². The van der Waals surface area contributed by atoms with E-state index in [0.717, 1.165) is 0 Å². The highest BCUT2D eigenvalue weighted by atomic mass is 16.6. The Bertz CT molecular complexity index is 199. The second-order valence-electron chi connectivity index (χ2n) is 4.48. The van der Waals surface area contributed by atoms with Crippen LogP contribution < -0.4 is 0 Å². The van der Waals surface area contributed by atoms with Gasteiger partial charge in [0.2, 0.25) is 0 Å². The van der Waals surface area contributed by atoms with Crippen molar-refractivity contribution >= 4 is 0 Å². The monoisotopic (exact) mass is 152 g/mol. The van der Waals surface area contributed by atoms with Crippen molar-refractivity contribution in [3.63, 3.8) is 0 Å². The first kappa shape index (κ1) is 7.35. The Morgan fingerprint density at radius 2 is 2.18 bits per heavy atom. The zero-order valence-corrected chi connectivity index (χ0v) is 7.39. The summed E-state index contributed by atoms with van der Waals surface area (Å²) in [4.78, 5) is 0. The smallest absolute Gasteiger partial charge is 0.0921 e. The van der Waals surface area contributed by atoms with E-state index >= 15 is 0 Å². The van der Waals surface area contributed by atoms with Gasteiger partial charge in [-0.2, -0.15) is 0 Å². The van der Waals surface area contributed by atoms with Crippen LogP contribution in [-0.2, 0) is 4.74 Å². The fourth-order valence-electron chi connectivity index (χ4n) is 2.01. The Morgan fingerprint density at radius 3 is 2.73 bits per heavy atom. The standard InChI is InChI=1S/C10H16O/c1-4-9(2)5-6-10(3)8(7-9)11-10/h4,8H,1,5-7H2,2-3H3. The van der Waals surface area contributed by atoms with Gasteiger partial charge in [0, 0.05) is 0 Å². The third kappa shape index (κ3) is 1.02. The molecule has 0 bridgehead atoms. The molecule has 0 radical (unpaired) electrons. The Kier molecular flexibility index (Phi) is 1.26. The van der Waals surface area contributed by atoms with Crippen molar-refractivity contribution in [1.29, 1.82) is 0 Å². The molecular formula is C10H16O. The fraction of sp³-hybridized carbons (Fsp3) is 0.800. The minimum Gasteiger partial charge on any atom is -0.366 e. The lowest BCUT2D eigenvalue weighted by molar-refractivity contribution is 0.280. The Hall–Kier alpha value is -0.300. The first-order valence-electron chi connectivity index (χ1n) is 4.39. The van der Waals surface area contributed by atoms with Crippen molar-refractivity contribution in [2.24, 2.45) is 5.41 Å². The van der Waals surface area contributed by atoms with Gasteiger partial charge in [0.1, 0.15) is 0 Å². The largest absolute Gasteiger partial charge is 0.366 e. The molecular weight excluding hydrogens is 136 g/mol. The van der Waals surface area contributed by atoms with Crippen LogP contribution in [0.1, 0.15) is 33.1 Å². The van der Waals surface area contributed by atoms with Crippen molar-refractivity contribution in [1.82, 2.24) is 0 Å². The highest BCUT2D eigenvalue weighted by Gasteiger charge is 2.57. The summed E-state index contributed by atoms with van der Waals surface area (Å²) in [6.07, 6.45) is 6.24. The Morgan fingerprint density at radius 1 is 1.45 bits per heavy atom. The lowest BCUT2D eigenvalue weighted by Gasteiger charge is -2.30. The molecule has 0 aromatic carbocycles. The molecule has 1 aliphatic carbocycles. The first-order chi connectivity index (χ1) is 5.08. The second-order valence-corrected chi connectivity index (χ2v) is 4.48. The van der Waals surface area contributed by atoms with Crippen LogP contribution in [0.15, 0.2) is 12.7 Å². The SMILES string of the molecule is C=CC1(C)CCC2(C)OC2C1. The van der Waals surface area contributed by atoms with Gasteiger partial charge in [0.05, 0.1) is 11.7 Å². The number of epoxide rings is 1. The molecule has 11 heavy (non-hydrogen) atoms. The summed E-state index contributed by atoms with van der Waals surface area (Å²) < 4.78 is 5.61. The van der Waals surface area contributed by atoms with E-state index in [1.165, 1.54) is 19.3 Å². The van der Waals surface area contributed by atoms with Crippen molar-refractivity contribution in [2.45, 2.75) is 44.8 Å². The van der Waals surface area contributed by atoms with Crippen molar-refractivity contribution in [2.75, 3.05) is 0 Å². The minimum absolute atomic E-state index is 0.253. The summed E-state index contributed by atoms with van der Waals surface area (Å²) in [5, 5.41) is 0. The Labute approximate surface area is 68.4 Å². The predicted molar refractivity (Wildman–Crippen MR) is 45.4 cm³/mol. The van der Waals surface area contributed by atoms with Gasteiger partial charge >= 0.3 is 0 Å². The summed E-state index contributed by atoms with van der Waals surface area (Å²) in [5.41, 5.74) is 0.600. The zero-order valence-electron chi connectivity index (χ0n) is 7.39. The number of ether oxygens (including phenoxy) is 1. The summed E-state index contributed by atoms with van der Waals surface area (Å²) >= 11 is 0. The van der Waals surface area contributed by atoms with Crippen molar-refractivity contribution in [3.05, 3.63) is 12.7 Å². The van der Waals surface area contributed by atoms with Crippen LogP contribution >= 0.6 is 0 Å². The van der Waals surface area contributed by atoms with Gasteiger partial charge in [0.25, 0.3) is 0 Å². The molecule has 0 aromatic heterocycles. The lowest BCUT2D eigenvalue weighted by atomic mass is 9.72. The molecule has 1 heteroatoms. The molecule has 1 saturated carbocycles. The normalized spacial score (nSPS) is 54.9. The molecule has 62 valence electrons. The van der Waals surface area contributed by atoms with Gasteiger partial charge in [-0.3, -0.25) is 0 Å². The van der Waals surface area contributed by atoms with E-state index in [-0.39, 0.29) is 5.60 Å². The predicted octanol–water partition coefficient (Wildman–Crippen LogP) is 2.52. The molecule has 0 N–H and O–H groups in total. The summed E-state index contributed by atoms with van der Waals surface area (Å²) in [7, 11) is 0. The Balaban J connectivity index is 2.08. The highest BCUT2D eigenvalue weighted by Crippen LogP contribution is 2.53. The maximum Gasteiger partial charge on any atom is 0.0921 e. The van der Waals surface area contributed by atoms with E-state index in [4.69, 9.17) is 4.74 Å². The molecule has 1 heterocycles. The fourth-order valence-corrected chi connectivity index (χ4v) is 2.01. The molecule has 2 rings (SSSR count). The minimum atomic E-state index is 0.253. The van der Waals surface area contributed by atoms with Crippen molar-refractivity contribution in [3.8, 4) is 0 Å². The molecule has 2 aliphatic rings. The van der Waals surface area contributed by atoms with E-state index in [0.29, 0.717) is 11.5 Å². The van der Waals surface area contributed by atoms with Crippen LogP contribution in [0, 0.1) is 5.41 Å². The molecule has 0 aromatic rings. The highest BCUT2D eigenvalue weighted by molar-refractivity contribution is 5.10. The molecule has 0 amide bonds. The molecule has 0 spiro atoms. The number of hydrogen-bond donors (Lipinski definition) is 0. The van der Waals surface area contributed by atoms with Gasteiger partial charge in [-0.15, -0.1) is 6.58 Å². The van der Waals surface area contributed by atoms with Crippen LogP contribution in [0.3, 0.4) is 0 Å². The summed E-state index contributed by atoms with van der Waals surface area (Å²) in [6.45, 7) is 8.38. The lowest BCUT2D eigenvalue weighted by Crippen LogP contribution is -2.27. The molecule has 3 atom stereocenters. The number of allylic oxidation sites excluding steroid dienone is 1. The summed E-state index contributed by atoms with van der Waals surface area (Å²) in [6, 6.07) is 0. The zero-order chi connectivity index (χ0) is 8.11. The number of fused-ring (bicyclic) bond motifs is 1. The first-order valence-corrected chi connectivity index (χ1v) is 4.39. The van der Waals surface area contributed by atoms with Crippen LogP contribution in [0.5, 0.6) is 0 Å². The van der Waals surface area contributed by atoms with Gasteiger partial charge in [-0.25, -0.2) is 0 Å². The molecule has 1 saturated heterocycles. The van der Waals surface area contributed by atoms with E-state index in [9.17, 15) is 0 Å². The van der Waals surface area contributed by atoms with E-state index in [1.807, 2.05) is 0 Å². The van der Waals surface area contributed by atoms with E-state index in [1.54, 1.807) is 0 Å². The molecule has 1 nitrogen and oxygen atoms in total. The quantitative estimate of drug-likeness (QED) is 0.415. The van der Waals surface area contributed by atoms with Crippen LogP contribution in [0.4, 0.5) is 0 Å². The molecule has 2 fully saturated rings. The maximum atomic E-state index is 5.61. The topological polar surface area (TPSA) is 12.5 Å². The average molecular weight is 152 g/mol. The van der Waals surface area contributed by atoms with Crippen LogP contribution in [0.25, 0.3) is 0 Å². The van der Waals surface area contributed by atoms with E-state index in [2.05, 4.69) is 26.5 Å². The molecule has 1 aliphatic heterocycles. The summed E-state index contributed by atoms with van der Waals surface area (Å²) in [5.74, 6) is 0. The number of rotatable bonds is 1. The van der Waals surface area contributed by atoms with Crippen LogP contribution in [-0.4, -0.2) is 11.7 Å². The van der Waals surface area contributed by atoms with Crippen molar-refractivity contribution < 1.29 is 4.74 Å². The number of hydrogen-bond acceptors (Lipinski definition) is 1. The van der Waals surface area contributed by atoms with E-state index < -0.39 is 0 Å². The van der Waals surface area contributed by atoms with Gasteiger partial charge in [-0.1, -0.05) is 13.0 Å². The average Bonchev–Trinajstić information content (AvgIpc) is 2.61. The third-order valence-electron chi connectivity index (χ3n) is 3.37. The molecule has 3 unspecified atom stereocenters. The van der Waals surface area contributed by atoms with Gasteiger partial charge in [0.15, 0.2) is 0 Å². The second kappa shape index (κ2) is 1.89. The van der Waals surface area contributed by atoms with Crippen LogP contribution in [0.2, 0.25) is 0 Å².